The first-order valence-electron chi connectivity index (χ1n) is 8.99. The van der Waals surface area contributed by atoms with Crippen LogP contribution in [0, 0.1) is 5.92 Å². The predicted molar refractivity (Wildman–Crippen MR) is 89.9 cm³/mol. The van der Waals surface area contributed by atoms with E-state index in [9.17, 15) is 14.4 Å². The lowest BCUT2D eigenvalue weighted by Gasteiger charge is -2.37. The Bertz CT molecular complexity index is 730. The summed E-state index contributed by atoms with van der Waals surface area (Å²) < 4.78 is 0. The van der Waals surface area contributed by atoms with Crippen molar-refractivity contribution in [1.29, 1.82) is 0 Å². The SMILES string of the molecule is CC1CCCCC12NC(=O)N(CC(=O)N1CCCc3[nH]ncc31)C2=O. The Labute approximate surface area is 145 Å². The molecule has 2 atom stereocenters. The van der Waals surface area contributed by atoms with E-state index in [1.165, 1.54) is 0 Å². The van der Waals surface area contributed by atoms with Crippen LogP contribution in [0.2, 0.25) is 0 Å². The molecule has 25 heavy (non-hydrogen) atoms. The zero-order chi connectivity index (χ0) is 17.6. The molecule has 1 saturated heterocycles. The lowest BCUT2D eigenvalue weighted by atomic mass is 9.73. The number of hydrogen-bond acceptors (Lipinski definition) is 4. The highest BCUT2D eigenvalue weighted by Gasteiger charge is 2.55. The third-order valence-corrected chi connectivity index (χ3v) is 5.89. The summed E-state index contributed by atoms with van der Waals surface area (Å²) >= 11 is 0. The summed E-state index contributed by atoms with van der Waals surface area (Å²) in [5, 5.41) is 9.79. The Hall–Kier alpha value is -2.38. The maximum atomic E-state index is 13.0. The highest BCUT2D eigenvalue weighted by molar-refractivity contribution is 6.10. The van der Waals surface area contributed by atoms with Gasteiger partial charge in [0.05, 0.1) is 17.6 Å². The number of hydrogen-bond donors (Lipinski definition) is 2. The van der Waals surface area contributed by atoms with Crippen molar-refractivity contribution in [3.63, 3.8) is 0 Å². The van der Waals surface area contributed by atoms with E-state index in [4.69, 9.17) is 0 Å². The van der Waals surface area contributed by atoms with Crippen LogP contribution in [0.3, 0.4) is 0 Å². The molecule has 2 unspecified atom stereocenters. The second kappa shape index (κ2) is 5.86. The highest BCUT2D eigenvalue weighted by atomic mass is 16.2. The lowest BCUT2D eigenvalue weighted by molar-refractivity contribution is -0.136. The van der Waals surface area contributed by atoms with Crippen LogP contribution in [0.1, 0.15) is 44.7 Å². The Morgan fingerprint density at radius 2 is 2.20 bits per heavy atom. The van der Waals surface area contributed by atoms with Gasteiger partial charge in [0.1, 0.15) is 12.1 Å². The van der Waals surface area contributed by atoms with Gasteiger partial charge in [0.25, 0.3) is 5.91 Å². The lowest BCUT2D eigenvalue weighted by Crippen LogP contribution is -2.54. The van der Waals surface area contributed by atoms with Crippen LogP contribution in [0.15, 0.2) is 6.20 Å². The molecular weight excluding hydrogens is 322 g/mol. The van der Waals surface area contributed by atoms with E-state index in [1.807, 2.05) is 6.92 Å². The second-order valence-electron chi connectivity index (χ2n) is 7.32. The van der Waals surface area contributed by atoms with Gasteiger partial charge in [-0.25, -0.2) is 4.79 Å². The van der Waals surface area contributed by atoms with Crippen molar-refractivity contribution < 1.29 is 14.4 Å². The first-order valence-corrected chi connectivity index (χ1v) is 8.99. The van der Waals surface area contributed by atoms with Gasteiger partial charge in [0.2, 0.25) is 5.91 Å². The number of nitrogens with one attached hydrogen (secondary N) is 2. The largest absolute Gasteiger partial charge is 0.325 e. The van der Waals surface area contributed by atoms with Gasteiger partial charge in [-0.05, 0) is 31.6 Å². The number of amides is 4. The molecule has 3 heterocycles. The third-order valence-electron chi connectivity index (χ3n) is 5.89. The van der Waals surface area contributed by atoms with Crippen molar-refractivity contribution >= 4 is 23.5 Å². The van der Waals surface area contributed by atoms with Crippen LogP contribution in [0.25, 0.3) is 0 Å². The number of rotatable bonds is 2. The number of aryl methyl sites for hydroxylation is 1. The standard InChI is InChI=1S/C17H23N5O3/c1-11-5-2-3-7-17(11)15(24)22(16(25)19-17)10-14(23)21-8-4-6-12-13(21)9-18-20-12/h9,11H,2-8,10H2,1H3,(H,18,20)(H,19,25). The Kier molecular flexibility index (Phi) is 3.77. The van der Waals surface area contributed by atoms with Crippen molar-refractivity contribution in [2.45, 2.75) is 51.0 Å². The Morgan fingerprint density at radius 1 is 1.36 bits per heavy atom. The number of imide groups is 1. The van der Waals surface area contributed by atoms with E-state index in [-0.39, 0.29) is 24.3 Å². The van der Waals surface area contributed by atoms with Crippen LogP contribution in [0.5, 0.6) is 0 Å². The van der Waals surface area contributed by atoms with Gasteiger partial charge < -0.3 is 10.2 Å². The topological polar surface area (TPSA) is 98.4 Å². The summed E-state index contributed by atoms with van der Waals surface area (Å²) in [6, 6.07) is -0.448. The molecule has 3 aliphatic rings. The van der Waals surface area contributed by atoms with Crippen molar-refractivity contribution in [2.75, 3.05) is 18.0 Å². The van der Waals surface area contributed by atoms with Gasteiger partial charge in [-0.15, -0.1) is 0 Å². The number of H-pyrrole nitrogens is 1. The molecule has 2 fully saturated rings. The number of urea groups is 1. The van der Waals surface area contributed by atoms with Gasteiger partial charge >= 0.3 is 6.03 Å². The fourth-order valence-electron chi connectivity index (χ4n) is 4.38. The number of nitrogens with zero attached hydrogens (tertiary/aromatic N) is 3. The molecule has 1 aromatic rings. The average molecular weight is 345 g/mol. The normalized spacial score (nSPS) is 29.1. The molecule has 1 saturated carbocycles. The van der Waals surface area contributed by atoms with E-state index in [1.54, 1.807) is 11.1 Å². The average Bonchev–Trinajstić information content (AvgIpc) is 3.17. The number of aromatic amines is 1. The Balaban J connectivity index is 1.53. The molecule has 4 amide bonds. The first kappa shape index (κ1) is 16.1. The fraction of sp³-hybridized carbons (Fsp3) is 0.647. The first-order chi connectivity index (χ1) is 12.0. The zero-order valence-corrected chi connectivity index (χ0v) is 14.4. The van der Waals surface area contributed by atoms with Crippen molar-refractivity contribution in [3.05, 3.63) is 11.9 Å². The molecule has 134 valence electrons. The molecule has 8 heteroatoms. The molecule has 1 aromatic heterocycles. The van der Waals surface area contributed by atoms with E-state index < -0.39 is 11.6 Å². The van der Waals surface area contributed by atoms with Crippen LogP contribution >= 0.6 is 0 Å². The maximum Gasteiger partial charge on any atom is 0.325 e. The molecule has 0 radical (unpaired) electrons. The quantitative estimate of drug-likeness (QED) is 0.787. The fourth-order valence-corrected chi connectivity index (χ4v) is 4.38. The van der Waals surface area contributed by atoms with Crippen LogP contribution in [0.4, 0.5) is 10.5 Å². The van der Waals surface area contributed by atoms with E-state index >= 15 is 0 Å². The molecule has 2 N–H and O–H groups in total. The number of carbonyl (C=O) groups excluding carboxylic acids is 3. The predicted octanol–water partition coefficient (Wildman–Crippen LogP) is 1.19. The minimum Gasteiger partial charge on any atom is -0.323 e. The molecule has 1 aliphatic carbocycles. The summed E-state index contributed by atoms with van der Waals surface area (Å²) in [6.45, 7) is 2.37. The smallest absolute Gasteiger partial charge is 0.323 e. The zero-order valence-electron chi connectivity index (χ0n) is 14.4. The number of carbonyl (C=O) groups is 3. The number of aromatic nitrogens is 2. The van der Waals surface area contributed by atoms with Crippen LogP contribution in [-0.2, 0) is 16.0 Å². The minimum absolute atomic E-state index is 0.0910. The van der Waals surface area contributed by atoms with Gasteiger partial charge in [-0.1, -0.05) is 19.8 Å². The molecule has 8 nitrogen and oxygen atoms in total. The molecule has 2 aliphatic heterocycles. The summed E-state index contributed by atoms with van der Waals surface area (Å²) in [4.78, 5) is 40.9. The highest BCUT2D eigenvalue weighted by Crippen LogP contribution is 2.38. The van der Waals surface area contributed by atoms with Gasteiger partial charge in [-0.3, -0.25) is 19.6 Å². The van der Waals surface area contributed by atoms with Crippen LogP contribution in [-0.4, -0.2) is 51.6 Å². The minimum atomic E-state index is -0.821. The molecule has 0 aromatic carbocycles. The van der Waals surface area contributed by atoms with E-state index in [2.05, 4.69) is 15.5 Å². The Morgan fingerprint density at radius 3 is 3.00 bits per heavy atom. The summed E-state index contributed by atoms with van der Waals surface area (Å²) in [6.07, 6.45) is 6.87. The second-order valence-corrected chi connectivity index (χ2v) is 7.32. The maximum absolute atomic E-state index is 13.0. The van der Waals surface area contributed by atoms with Crippen molar-refractivity contribution in [1.82, 2.24) is 20.4 Å². The van der Waals surface area contributed by atoms with Gasteiger partial charge in [0, 0.05) is 6.54 Å². The molecule has 1 spiro atoms. The van der Waals surface area contributed by atoms with Crippen molar-refractivity contribution in [3.8, 4) is 0 Å². The van der Waals surface area contributed by atoms with Gasteiger partial charge in [-0.2, -0.15) is 5.10 Å². The molecular formula is C17H23N5O3. The van der Waals surface area contributed by atoms with Crippen LogP contribution < -0.4 is 10.2 Å². The number of fused-ring (bicyclic) bond motifs is 1. The summed E-state index contributed by atoms with van der Waals surface area (Å²) in [5.74, 6) is -0.401. The summed E-state index contributed by atoms with van der Waals surface area (Å²) in [7, 11) is 0. The van der Waals surface area contributed by atoms with E-state index in [0.29, 0.717) is 13.0 Å². The summed E-state index contributed by atoms with van der Waals surface area (Å²) in [5.41, 5.74) is 0.858. The number of anilines is 1. The molecule has 0 bridgehead atoms. The van der Waals surface area contributed by atoms with Crippen molar-refractivity contribution in [2.24, 2.45) is 5.92 Å². The van der Waals surface area contributed by atoms with E-state index in [0.717, 1.165) is 48.4 Å². The third kappa shape index (κ3) is 2.42. The molecule has 4 rings (SSSR count). The van der Waals surface area contributed by atoms with Gasteiger partial charge in [0.15, 0.2) is 0 Å². The monoisotopic (exact) mass is 345 g/mol.